The number of hydrogen-bond donors (Lipinski definition) is 1. The van der Waals surface area contributed by atoms with Crippen LogP contribution >= 0.6 is 0 Å². The summed E-state index contributed by atoms with van der Waals surface area (Å²) in [4.78, 5) is 12.0. The molecule has 5 nitrogen and oxygen atoms in total. The van der Waals surface area contributed by atoms with Crippen LogP contribution in [0.2, 0.25) is 0 Å². The predicted molar refractivity (Wildman–Crippen MR) is 88.0 cm³/mol. The average molecular weight is 315 g/mol. The summed E-state index contributed by atoms with van der Waals surface area (Å²) < 4.78 is 15.8. The molecule has 5 heteroatoms. The highest BCUT2D eigenvalue weighted by Gasteiger charge is 2.11. The number of benzene rings is 2. The molecule has 0 heterocycles. The molecule has 0 aliphatic heterocycles. The van der Waals surface area contributed by atoms with E-state index in [1.54, 1.807) is 26.4 Å². The lowest BCUT2D eigenvalue weighted by Gasteiger charge is -2.15. The lowest BCUT2D eigenvalue weighted by atomic mass is 10.1. The molecule has 0 saturated heterocycles. The van der Waals surface area contributed by atoms with Gasteiger partial charge in [0, 0.05) is 0 Å². The topological polar surface area (TPSA) is 56.8 Å². The molecular weight excluding hydrogens is 294 g/mol. The van der Waals surface area contributed by atoms with Crippen molar-refractivity contribution in [3.05, 3.63) is 54.1 Å². The van der Waals surface area contributed by atoms with Crippen molar-refractivity contribution in [3.8, 4) is 17.2 Å². The minimum Gasteiger partial charge on any atom is -0.497 e. The van der Waals surface area contributed by atoms with Gasteiger partial charge in [-0.1, -0.05) is 24.3 Å². The lowest BCUT2D eigenvalue weighted by Crippen LogP contribution is -2.31. The quantitative estimate of drug-likeness (QED) is 0.853. The molecule has 23 heavy (non-hydrogen) atoms. The van der Waals surface area contributed by atoms with Crippen LogP contribution in [0.4, 0.5) is 0 Å². The Hall–Kier alpha value is -2.69. The molecule has 0 unspecified atom stereocenters. The van der Waals surface area contributed by atoms with Crippen LogP contribution in [0, 0.1) is 0 Å². The standard InChI is InChI=1S/C18H21NO4/c1-13(14-8-10-15(21-2)11-9-14)19-18(20)12-23-17-7-5-4-6-16(17)22-3/h4-11,13H,12H2,1-3H3,(H,19,20)/t13-/m1/s1. The average Bonchev–Trinajstić information content (AvgIpc) is 2.60. The van der Waals surface area contributed by atoms with E-state index < -0.39 is 0 Å². The number of rotatable bonds is 7. The molecule has 0 aliphatic carbocycles. The minimum atomic E-state index is -0.195. The molecule has 1 amide bonds. The number of para-hydroxylation sites is 2. The van der Waals surface area contributed by atoms with E-state index >= 15 is 0 Å². The van der Waals surface area contributed by atoms with E-state index in [2.05, 4.69) is 5.32 Å². The summed E-state index contributed by atoms with van der Waals surface area (Å²) in [6.07, 6.45) is 0. The third-order valence-electron chi connectivity index (χ3n) is 3.42. The highest BCUT2D eigenvalue weighted by Crippen LogP contribution is 2.25. The van der Waals surface area contributed by atoms with Crippen molar-refractivity contribution in [2.75, 3.05) is 20.8 Å². The summed E-state index contributed by atoms with van der Waals surface area (Å²) in [6, 6.07) is 14.7. The summed E-state index contributed by atoms with van der Waals surface area (Å²) in [5.41, 5.74) is 0.997. The second-order valence-corrected chi connectivity index (χ2v) is 5.00. The third-order valence-corrected chi connectivity index (χ3v) is 3.42. The Morgan fingerprint density at radius 1 is 1.00 bits per heavy atom. The number of nitrogens with one attached hydrogen (secondary N) is 1. The van der Waals surface area contributed by atoms with Crippen LogP contribution in [-0.4, -0.2) is 26.7 Å². The van der Waals surface area contributed by atoms with E-state index in [9.17, 15) is 4.79 Å². The van der Waals surface area contributed by atoms with E-state index in [1.165, 1.54) is 0 Å². The molecule has 0 spiro atoms. The first-order valence-electron chi connectivity index (χ1n) is 7.33. The van der Waals surface area contributed by atoms with E-state index in [0.29, 0.717) is 11.5 Å². The van der Waals surface area contributed by atoms with Gasteiger partial charge in [0.05, 0.1) is 20.3 Å². The Balaban J connectivity index is 1.88. The third kappa shape index (κ3) is 4.64. The molecule has 122 valence electrons. The maximum Gasteiger partial charge on any atom is 0.258 e. The lowest BCUT2D eigenvalue weighted by molar-refractivity contribution is -0.123. The second kappa shape index (κ2) is 8.08. The van der Waals surface area contributed by atoms with Crippen molar-refractivity contribution in [3.63, 3.8) is 0 Å². The van der Waals surface area contributed by atoms with Gasteiger partial charge in [-0.05, 0) is 36.8 Å². The van der Waals surface area contributed by atoms with Crippen molar-refractivity contribution >= 4 is 5.91 Å². The smallest absolute Gasteiger partial charge is 0.258 e. The molecule has 2 rings (SSSR count). The van der Waals surface area contributed by atoms with Gasteiger partial charge in [-0.3, -0.25) is 4.79 Å². The fourth-order valence-corrected chi connectivity index (χ4v) is 2.14. The summed E-state index contributed by atoms with van der Waals surface area (Å²) >= 11 is 0. The van der Waals surface area contributed by atoms with Crippen LogP contribution in [0.5, 0.6) is 17.2 Å². The van der Waals surface area contributed by atoms with E-state index in [4.69, 9.17) is 14.2 Å². The molecule has 2 aromatic rings. The normalized spacial score (nSPS) is 11.4. The van der Waals surface area contributed by atoms with Gasteiger partial charge < -0.3 is 19.5 Å². The molecule has 0 aliphatic rings. The summed E-state index contributed by atoms with van der Waals surface area (Å²) in [5, 5.41) is 2.90. The fourth-order valence-electron chi connectivity index (χ4n) is 2.14. The molecule has 0 aromatic heterocycles. The summed E-state index contributed by atoms with van der Waals surface area (Å²) in [5.74, 6) is 1.73. The summed E-state index contributed by atoms with van der Waals surface area (Å²) in [6.45, 7) is 1.85. The Morgan fingerprint density at radius 2 is 1.65 bits per heavy atom. The summed E-state index contributed by atoms with van der Waals surface area (Å²) in [7, 11) is 3.18. The largest absolute Gasteiger partial charge is 0.497 e. The van der Waals surface area contributed by atoms with Crippen LogP contribution in [0.15, 0.2) is 48.5 Å². The minimum absolute atomic E-state index is 0.0686. The van der Waals surface area contributed by atoms with Crippen molar-refractivity contribution in [1.29, 1.82) is 0 Å². The van der Waals surface area contributed by atoms with Crippen molar-refractivity contribution in [2.45, 2.75) is 13.0 Å². The molecule has 0 saturated carbocycles. The van der Waals surface area contributed by atoms with Gasteiger partial charge in [0.2, 0.25) is 0 Å². The first-order chi connectivity index (χ1) is 11.1. The highest BCUT2D eigenvalue weighted by molar-refractivity contribution is 5.78. The molecule has 2 aromatic carbocycles. The van der Waals surface area contributed by atoms with Gasteiger partial charge in [0.15, 0.2) is 18.1 Å². The van der Waals surface area contributed by atoms with E-state index in [-0.39, 0.29) is 18.6 Å². The van der Waals surface area contributed by atoms with Crippen LogP contribution in [-0.2, 0) is 4.79 Å². The molecule has 1 N–H and O–H groups in total. The van der Waals surface area contributed by atoms with Crippen LogP contribution in [0.3, 0.4) is 0 Å². The number of methoxy groups -OCH3 is 2. The van der Waals surface area contributed by atoms with Crippen LogP contribution < -0.4 is 19.5 Å². The van der Waals surface area contributed by atoms with Crippen molar-refractivity contribution in [1.82, 2.24) is 5.32 Å². The van der Waals surface area contributed by atoms with E-state index in [1.807, 2.05) is 43.3 Å². The molecule has 1 atom stereocenters. The maximum atomic E-state index is 12.0. The van der Waals surface area contributed by atoms with Gasteiger partial charge >= 0.3 is 0 Å². The van der Waals surface area contributed by atoms with Gasteiger partial charge in [0.25, 0.3) is 5.91 Å². The van der Waals surface area contributed by atoms with Gasteiger partial charge in [-0.2, -0.15) is 0 Å². The Kier molecular flexibility index (Phi) is 5.86. The molecule has 0 fully saturated rings. The molecular formula is C18H21NO4. The fraction of sp³-hybridized carbons (Fsp3) is 0.278. The number of carbonyl (C=O) groups excluding carboxylic acids is 1. The Morgan fingerprint density at radius 3 is 2.26 bits per heavy atom. The van der Waals surface area contributed by atoms with Crippen LogP contribution in [0.1, 0.15) is 18.5 Å². The first kappa shape index (κ1) is 16.7. The SMILES string of the molecule is COc1ccc([C@@H](C)NC(=O)COc2ccccc2OC)cc1. The highest BCUT2D eigenvalue weighted by atomic mass is 16.5. The monoisotopic (exact) mass is 315 g/mol. The number of amides is 1. The van der Waals surface area contributed by atoms with E-state index in [0.717, 1.165) is 11.3 Å². The maximum absolute atomic E-state index is 12.0. The molecule has 0 radical (unpaired) electrons. The number of carbonyl (C=O) groups is 1. The number of ether oxygens (including phenoxy) is 3. The zero-order chi connectivity index (χ0) is 16.7. The van der Waals surface area contributed by atoms with Crippen molar-refractivity contribution in [2.24, 2.45) is 0 Å². The van der Waals surface area contributed by atoms with Crippen LogP contribution in [0.25, 0.3) is 0 Å². The molecule has 0 bridgehead atoms. The van der Waals surface area contributed by atoms with Crippen molar-refractivity contribution < 1.29 is 19.0 Å². The first-order valence-corrected chi connectivity index (χ1v) is 7.33. The zero-order valence-corrected chi connectivity index (χ0v) is 13.5. The second-order valence-electron chi connectivity index (χ2n) is 5.00. The number of hydrogen-bond acceptors (Lipinski definition) is 4. The predicted octanol–water partition coefficient (Wildman–Crippen LogP) is 2.96. The zero-order valence-electron chi connectivity index (χ0n) is 13.5. The Labute approximate surface area is 136 Å². The van der Waals surface area contributed by atoms with Gasteiger partial charge in [-0.15, -0.1) is 0 Å². The Bertz CT molecular complexity index is 640. The van der Waals surface area contributed by atoms with Gasteiger partial charge in [0.1, 0.15) is 5.75 Å². The van der Waals surface area contributed by atoms with Gasteiger partial charge in [-0.25, -0.2) is 0 Å².